The topological polar surface area (TPSA) is 21.1 Å². The summed E-state index contributed by atoms with van der Waals surface area (Å²) in [6.07, 6.45) is 5.13. The van der Waals surface area contributed by atoms with Crippen LogP contribution in [0.3, 0.4) is 0 Å². The predicted octanol–water partition coefficient (Wildman–Crippen LogP) is 3.49. The minimum absolute atomic E-state index is 0.889. The van der Waals surface area contributed by atoms with Crippen LogP contribution >= 0.6 is 0 Å². The van der Waals surface area contributed by atoms with Crippen LogP contribution < -0.4 is 0 Å². The van der Waals surface area contributed by atoms with E-state index in [-0.39, 0.29) is 0 Å². The van der Waals surface area contributed by atoms with Crippen LogP contribution in [0, 0.1) is 0 Å². The Balaban J connectivity index is 1.47. The maximum Gasteiger partial charge on any atom is 0.123 e. The Hall–Kier alpha value is -2.39. The van der Waals surface area contributed by atoms with Crippen LogP contribution in [0.5, 0.6) is 0 Å². The summed E-state index contributed by atoms with van der Waals surface area (Å²) in [5, 5.41) is 0. The summed E-state index contributed by atoms with van der Waals surface area (Å²) in [6, 6.07) is 19.4. The summed E-state index contributed by atoms with van der Waals surface area (Å²) >= 11 is 0. The first kappa shape index (κ1) is 14.2. The highest BCUT2D eigenvalue weighted by Gasteiger charge is 2.17. The van der Waals surface area contributed by atoms with Gasteiger partial charge in [0.05, 0.1) is 6.54 Å². The maximum absolute atomic E-state index is 4.58. The molecule has 0 saturated heterocycles. The third-order valence-corrected chi connectivity index (χ3v) is 4.57. The molecule has 0 spiro atoms. The van der Waals surface area contributed by atoms with E-state index in [1.165, 1.54) is 16.7 Å². The quantitative estimate of drug-likeness (QED) is 0.735. The third-order valence-electron chi connectivity index (χ3n) is 4.57. The smallest absolute Gasteiger partial charge is 0.123 e. The van der Waals surface area contributed by atoms with Gasteiger partial charge in [0.2, 0.25) is 0 Å². The van der Waals surface area contributed by atoms with Gasteiger partial charge < -0.3 is 4.57 Å². The van der Waals surface area contributed by atoms with Gasteiger partial charge in [0, 0.05) is 32.0 Å². The number of imidazole rings is 1. The van der Waals surface area contributed by atoms with Crippen LogP contribution in [-0.2, 0) is 26.1 Å². The van der Waals surface area contributed by atoms with Crippen molar-refractivity contribution in [3.05, 3.63) is 89.5 Å². The molecule has 23 heavy (non-hydrogen) atoms. The molecule has 0 bridgehead atoms. The SMILES string of the molecule is c1ccc(Cn2ccnc2CN2CCc3ccccc3C2)cc1. The van der Waals surface area contributed by atoms with E-state index in [1.807, 2.05) is 6.20 Å². The number of benzene rings is 2. The summed E-state index contributed by atoms with van der Waals surface area (Å²) in [5.41, 5.74) is 4.27. The first-order valence-corrected chi connectivity index (χ1v) is 8.21. The van der Waals surface area contributed by atoms with Gasteiger partial charge in [-0.15, -0.1) is 0 Å². The van der Waals surface area contributed by atoms with Gasteiger partial charge in [0.1, 0.15) is 5.82 Å². The second-order valence-corrected chi connectivity index (χ2v) is 6.19. The van der Waals surface area contributed by atoms with E-state index in [9.17, 15) is 0 Å². The number of hydrogen-bond donors (Lipinski definition) is 0. The average molecular weight is 303 g/mol. The molecule has 4 rings (SSSR count). The van der Waals surface area contributed by atoms with Crippen LogP contribution in [-0.4, -0.2) is 21.0 Å². The molecule has 0 fully saturated rings. The van der Waals surface area contributed by atoms with E-state index in [0.29, 0.717) is 0 Å². The molecule has 0 aliphatic carbocycles. The van der Waals surface area contributed by atoms with Gasteiger partial charge in [0.25, 0.3) is 0 Å². The lowest BCUT2D eigenvalue weighted by Crippen LogP contribution is -2.31. The molecular formula is C20H21N3. The second kappa shape index (κ2) is 6.39. The molecule has 0 saturated carbocycles. The van der Waals surface area contributed by atoms with Crippen molar-refractivity contribution >= 4 is 0 Å². The van der Waals surface area contributed by atoms with Crippen molar-refractivity contribution in [2.24, 2.45) is 0 Å². The summed E-state index contributed by atoms with van der Waals surface area (Å²) < 4.78 is 2.26. The fourth-order valence-corrected chi connectivity index (χ4v) is 3.30. The molecule has 2 heterocycles. The van der Waals surface area contributed by atoms with Gasteiger partial charge >= 0.3 is 0 Å². The largest absolute Gasteiger partial charge is 0.329 e. The van der Waals surface area contributed by atoms with Crippen LogP contribution in [0.4, 0.5) is 0 Å². The van der Waals surface area contributed by atoms with E-state index in [0.717, 1.165) is 38.4 Å². The fourth-order valence-electron chi connectivity index (χ4n) is 3.30. The number of aromatic nitrogens is 2. The lowest BCUT2D eigenvalue weighted by molar-refractivity contribution is 0.236. The monoisotopic (exact) mass is 303 g/mol. The Morgan fingerprint density at radius 1 is 0.870 bits per heavy atom. The van der Waals surface area contributed by atoms with Gasteiger partial charge in [-0.05, 0) is 23.1 Å². The zero-order valence-electron chi connectivity index (χ0n) is 13.2. The molecule has 1 aliphatic heterocycles. The van der Waals surface area contributed by atoms with Crippen molar-refractivity contribution in [3.8, 4) is 0 Å². The van der Waals surface area contributed by atoms with Crippen molar-refractivity contribution in [2.75, 3.05) is 6.54 Å². The van der Waals surface area contributed by atoms with E-state index in [1.54, 1.807) is 0 Å². The van der Waals surface area contributed by atoms with Crippen LogP contribution in [0.2, 0.25) is 0 Å². The van der Waals surface area contributed by atoms with Gasteiger partial charge in [-0.25, -0.2) is 4.98 Å². The standard InChI is InChI=1S/C20H21N3/c1-2-6-17(7-3-1)14-23-13-11-21-20(23)16-22-12-10-18-8-4-5-9-19(18)15-22/h1-9,11,13H,10,12,14-16H2. The van der Waals surface area contributed by atoms with Crippen molar-refractivity contribution in [2.45, 2.75) is 26.1 Å². The Bertz CT molecular complexity index is 776. The Morgan fingerprint density at radius 3 is 2.52 bits per heavy atom. The molecular weight excluding hydrogens is 282 g/mol. The van der Waals surface area contributed by atoms with Crippen molar-refractivity contribution in [3.63, 3.8) is 0 Å². The summed E-state index contributed by atoms with van der Waals surface area (Å²) in [6.45, 7) is 3.93. The Kier molecular flexibility index (Phi) is 3.95. The molecule has 3 aromatic rings. The van der Waals surface area contributed by atoms with Crippen LogP contribution in [0.25, 0.3) is 0 Å². The molecule has 0 unspecified atom stereocenters. The zero-order chi connectivity index (χ0) is 15.5. The summed E-state index contributed by atoms with van der Waals surface area (Å²) in [5.74, 6) is 1.15. The number of rotatable bonds is 4. The molecule has 0 atom stereocenters. The van der Waals surface area contributed by atoms with E-state index in [4.69, 9.17) is 0 Å². The van der Waals surface area contributed by atoms with E-state index >= 15 is 0 Å². The van der Waals surface area contributed by atoms with Crippen molar-refractivity contribution < 1.29 is 0 Å². The first-order valence-electron chi connectivity index (χ1n) is 8.21. The molecule has 1 aromatic heterocycles. The fraction of sp³-hybridized carbons (Fsp3) is 0.250. The zero-order valence-corrected chi connectivity index (χ0v) is 13.2. The second-order valence-electron chi connectivity index (χ2n) is 6.19. The highest BCUT2D eigenvalue weighted by Crippen LogP contribution is 2.20. The van der Waals surface area contributed by atoms with Gasteiger partial charge in [-0.3, -0.25) is 4.90 Å². The van der Waals surface area contributed by atoms with E-state index in [2.05, 4.69) is 75.2 Å². The third kappa shape index (κ3) is 3.20. The first-order chi connectivity index (χ1) is 11.4. The molecule has 3 heteroatoms. The summed E-state index contributed by atoms with van der Waals surface area (Å²) in [7, 11) is 0. The molecule has 0 amide bonds. The molecule has 116 valence electrons. The van der Waals surface area contributed by atoms with Crippen LogP contribution in [0.15, 0.2) is 67.0 Å². The molecule has 1 aliphatic rings. The molecule has 0 radical (unpaired) electrons. The highest BCUT2D eigenvalue weighted by atomic mass is 15.2. The van der Waals surface area contributed by atoms with Gasteiger partial charge in [0.15, 0.2) is 0 Å². The molecule has 2 aromatic carbocycles. The number of hydrogen-bond acceptors (Lipinski definition) is 2. The normalized spacial score (nSPS) is 14.6. The Morgan fingerprint density at radius 2 is 1.65 bits per heavy atom. The number of nitrogens with zero attached hydrogens (tertiary/aromatic N) is 3. The predicted molar refractivity (Wildman–Crippen MR) is 92.0 cm³/mol. The van der Waals surface area contributed by atoms with Gasteiger partial charge in [-0.1, -0.05) is 54.6 Å². The van der Waals surface area contributed by atoms with Crippen molar-refractivity contribution in [1.29, 1.82) is 0 Å². The minimum Gasteiger partial charge on any atom is -0.329 e. The van der Waals surface area contributed by atoms with Crippen LogP contribution in [0.1, 0.15) is 22.5 Å². The van der Waals surface area contributed by atoms with E-state index < -0.39 is 0 Å². The maximum atomic E-state index is 4.58. The Labute approximate surface area is 137 Å². The lowest BCUT2D eigenvalue weighted by Gasteiger charge is -2.28. The van der Waals surface area contributed by atoms with Crippen molar-refractivity contribution in [1.82, 2.24) is 14.5 Å². The lowest BCUT2D eigenvalue weighted by atomic mass is 10.00. The average Bonchev–Trinajstić information content (AvgIpc) is 3.02. The molecule has 0 N–H and O–H groups in total. The summed E-state index contributed by atoms with van der Waals surface area (Å²) in [4.78, 5) is 7.08. The number of fused-ring (bicyclic) bond motifs is 1. The van der Waals surface area contributed by atoms with Gasteiger partial charge in [-0.2, -0.15) is 0 Å². The minimum atomic E-state index is 0.889. The molecule has 3 nitrogen and oxygen atoms in total. The highest BCUT2D eigenvalue weighted by molar-refractivity contribution is 5.29.